The number of hydrogen-bond acceptors (Lipinski definition) is 6. The second kappa shape index (κ2) is 9.07. The quantitative estimate of drug-likeness (QED) is 0.609. The van der Waals surface area contributed by atoms with Crippen molar-refractivity contribution in [3.8, 4) is 11.5 Å². The minimum Gasteiger partial charge on any atom is -0.504 e. The number of piperazine rings is 1. The van der Waals surface area contributed by atoms with Crippen molar-refractivity contribution in [1.29, 1.82) is 0 Å². The summed E-state index contributed by atoms with van der Waals surface area (Å²) in [5.74, 6) is 2.21. The van der Waals surface area contributed by atoms with Gasteiger partial charge < -0.3 is 25.0 Å². The van der Waals surface area contributed by atoms with Gasteiger partial charge in [-0.15, -0.1) is 0 Å². The smallest absolute Gasteiger partial charge is 0.225 e. The molecule has 2 aromatic rings. The van der Waals surface area contributed by atoms with Gasteiger partial charge in [0.15, 0.2) is 17.5 Å². The molecule has 0 aliphatic carbocycles. The lowest BCUT2D eigenvalue weighted by molar-refractivity contribution is 0.367. The molecule has 0 atom stereocenters. The molecule has 0 radical (unpaired) electrons. The first kappa shape index (κ1) is 18.8. The van der Waals surface area contributed by atoms with Crippen LogP contribution < -0.4 is 15.0 Å². The molecule has 1 fully saturated rings. The summed E-state index contributed by atoms with van der Waals surface area (Å²) in [5, 5.41) is 13.6. The molecule has 0 amide bonds. The van der Waals surface area contributed by atoms with Crippen molar-refractivity contribution in [3.05, 3.63) is 42.2 Å². The molecule has 144 valence electrons. The van der Waals surface area contributed by atoms with E-state index in [1.807, 2.05) is 25.1 Å². The molecule has 0 unspecified atom stereocenters. The van der Waals surface area contributed by atoms with E-state index in [9.17, 15) is 5.11 Å². The van der Waals surface area contributed by atoms with Gasteiger partial charge >= 0.3 is 0 Å². The summed E-state index contributed by atoms with van der Waals surface area (Å²) in [6.07, 6.45) is 3.53. The van der Waals surface area contributed by atoms with Crippen LogP contribution in [-0.2, 0) is 6.54 Å². The Morgan fingerprint density at radius 3 is 2.59 bits per heavy atom. The number of rotatable bonds is 5. The van der Waals surface area contributed by atoms with E-state index >= 15 is 0 Å². The van der Waals surface area contributed by atoms with Crippen molar-refractivity contribution in [2.24, 2.45) is 4.99 Å². The largest absolute Gasteiger partial charge is 0.504 e. The molecule has 2 N–H and O–H groups in total. The molecule has 1 aliphatic heterocycles. The van der Waals surface area contributed by atoms with E-state index in [1.54, 1.807) is 25.6 Å². The second-order valence-electron chi connectivity index (χ2n) is 6.16. The van der Waals surface area contributed by atoms with Crippen LogP contribution in [0, 0.1) is 0 Å². The van der Waals surface area contributed by atoms with Gasteiger partial charge in [0.2, 0.25) is 5.95 Å². The van der Waals surface area contributed by atoms with Crippen LogP contribution in [0.4, 0.5) is 5.95 Å². The molecule has 8 nitrogen and oxygen atoms in total. The lowest BCUT2D eigenvalue weighted by atomic mass is 10.2. The predicted octanol–water partition coefficient (Wildman–Crippen LogP) is 1.48. The second-order valence-corrected chi connectivity index (χ2v) is 6.16. The number of guanidine groups is 1. The first-order valence-corrected chi connectivity index (χ1v) is 9.13. The molecule has 27 heavy (non-hydrogen) atoms. The molecule has 1 aromatic carbocycles. The first-order valence-electron chi connectivity index (χ1n) is 9.13. The summed E-state index contributed by atoms with van der Waals surface area (Å²) in [6.45, 7) is 6.53. The van der Waals surface area contributed by atoms with E-state index in [4.69, 9.17) is 9.73 Å². The SMILES string of the molecule is CCNC(=NCc1cccc(OC)c1O)N1CCN(c2ncccn2)CC1. The minimum absolute atomic E-state index is 0.144. The highest BCUT2D eigenvalue weighted by atomic mass is 16.5. The Morgan fingerprint density at radius 1 is 1.19 bits per heavy atom. The molecule has 3 rings (SSSR count). The normalized spacial score (nSPS) is 15.0. The van der Waals surface area contributed by atoms with Crippen LogP contribution in [0.1, 0.15) is 12.5 Å². The van der Waals surface area contributed by atoms with Crippen LogP contribution in [0.5, 0.6) is 11.5 Å². The standard InChI is InChI=1S/C19H26N6O2/c1-3-20-18(23-14-15-6-4-7-16(27-2)17(15)26)24-10-12-25(13-11-24)19-21-8-5-9-22-19/h4-9,26H,3,10-14H2,1-2H3,(H,20,23). The van der Waals surface area contributed by atoms with Crippen LogP contribution in [-0.4, -0.2) is 65.8 Å². The fourth-order valence-corrected chi connectivity index (χ4v) is 3.02. The van der Waals surface area contributed by atoms with Crippen LogP contribution in [0.15, 0.2) is 41.7 Å². The Morgan fingerprint density at radius 2 is 1.93 bits per heavy atom. The number of phenols is 1. The van der Waals surface area contributed by atoms with Crippen LogP contribution >= 0.6 is 0 Å². The van der Waals surface area contributed by atoms with Crippen molar-refractivity contribution < 1.29 is 9.84 Å². The Kier molecular flexibility index (Phi) is 6.30. The van der Waals surface area contributed by atoms with Crippen molar-refractivity contribution in [2.75, 3.05) is 44.7 Å². The summed E-state index contributed by atoms with van der Waals surface area (Å²) in [5.41, 5.74) is 0.737. The number of hydrogen-bond donors (Lipinski definition) is 2. The van der Waals surface area contributed by atoms with Gasteiger partial charge in [-0.3, -0.25) is 0 Å². The number of aromatic nitrogens is 2. The van der Waals surface area contributed by atoms with E-state index in [-0.39, 0.29) is 5.75 Å². The Labute approximate surface area is 159 Å². The number of aromatic hydroxyl groups is 1. The number of benzene rings is 1. The van der Waals surface area contributed by atoms with E-state index in [0.717, 1.165) is 50.2 Å². The minimum atomic E-state index is 0.144. The number of para-hydroxylation sites is 1. The molecule has 0 spiro atoms. The number of nitrogens with one attached hydrogen (secondary N) is 1. The molecular formula is C19H26N6O2. The van der Waals surface area contributed by atoms with Gasteiger partial charge in [-0.2, -0.15) is 0 Å². The summed E-state index contributed by atoms with van der Waals surface area (Å²) in [6, 6.07) is 7.27. The van der Waals surface area contributed by atoms with Crippen molar-refractivity contribution in [3.63, 3.8) is 0 Å². The number of methoxy groups -OCH3 is 1. The molecule has 1 aliphatic rings. The predicted molar refractivity (Wildman–Crippen MR) is 105 cm³/mol. The van der Waals surface area contributed by atoms with Gasteiger partial charge in [0, 0.05) is 50.7 Å². The fraction of sp³-hybridized carbons (Fsp3) is 0.421. The molecule has 0 saturated carbocycles. The third-order valence-corrected chi connectivity index (χ3v) is 4.45. The summed E-state index contributed by atoms with van der Waals surface area (Å²) in [4.78, 5) is 17.7. The van der Waals surface area contributed by atoms with Crippen LogP contribution in [0.3, 0.4) is 0 Å². The molecule has 1 aromatic heterocycles. The lowest BCUT2D eigenvalue weighted by Crippen LogP contribution is -2.52. The fourth-order valence-electron chi connectivity index (χ4n) is 3.02. The number of ether oxygens (including phenoxy) is 1. The Hall–Kier alpha value is -3.03. The van der Waals surface area contributed by atoms with Crippen molar-refractivity contribution in [1.82, 2.24) is 20.2 Å². The van der Waals surface area contributed by atoms with E-state index in [1.165, 1.54) is 0 Å². The summed E-state index contributed by atoms with van der Waals surface area (Å²) < 4.78 is 5.17. The van der Waals surface area contributed by atoms with Gasteiger partial charge in [0.1, 0.15) is 0 Å². The number of aliphatic imine (C=N–C) groups is 1. The number of phenolic OH excluding ortho intramolecular Hbond substituents is 1. The Balaban J connectivity index is 1.66. The van der Waals surface area contributed by atoms with Crippen LogP contribution in [0.25, 0.3) is 0 Å². The van der Waals surface area contributed by atoms with E-state index in [2.05, 4.69) is 25.1 Å². The van der Waals surface area contributed by atoms with Gasteiger partial charge in [0.05, 0.1) is 13.7 Å². The van der Waals surface area contributed by atoms with Gasteiger partial charge in [-0.1, -0.05) is 12.1 Å². The van der Waals surface area contributed by atoms with E-state index in [0.29, 0.717) is 12.3 Å². The van der Waals surface area contributed by atoms with Crippen molar-refractivity contribution in [2.45, 2.75) is 13.5 Å². The van der Waals surface area contributed by atoms with Gasteiger partial charge in [-0.25, -0.2) is 15.0 Å². The topological polar surface area (TPSA) is 86.1 Å². The highest BCUT2D eigenvalue weighted by Crippen LogP contribution is 2.29. The highest BCUT2D eigenvalue weighted by Gasteiger charge is 2.21. The zero-order valence-electron chi connectivity index (χ0n) is 15.8. The molecule has 2 heterocycles. The third kappa shape index (κ3) is 4.58. The maximum absolute atomic E-state index is 10.3. The third-order valence-electron chi connectivity index (χ3n) is 4.45. The lowest BCUT2D eigenvalue weighted by Gasteiger charge is -2.36. The monoisotopic (exact) mass is 370 g/mol. The van der Waals surface area contributed by atoms with Gasteiger partial charge in [-0.05, 0) is 19.1 Å². The average Bonchev–Trinajstić information content (AvgIpc) is 2.73. The number of nitrogens with zero attached hydrogens (tertiary/aromatic N) is 5. The maximum atomic E-state index is 10.3. The summed E-state index contributed by atoms with van der Waals surface area (Å²) >= 11 is 0. The molecule has 8 heteroatoms. The summed E-state index contributed by atoms with van der Waals surface area (Å²) in [7, 11) is 1.54. The maximum Gasteiger partial charge on any atom is 0.225 e. The van der Waals surface area contributed by atoms with E-state index < -0.39 is 0 Å². The molecule has 0 bridgehead atoms. The van der Waals surface area contributed by atoms with Crippen LogP contribution in [0.2, 0.25) is 0 Å². The van der Waals surface area contributed by atoms with Crippen molar-refractivity contribution >= 4 is 11.9 Å². The number of anilines is 1. The molecular weight excluding hydrogens is 344 g/mol. The first-order chi connectivity index (χ1) is 13.2. The highest BCUT2D eigenvalue weighted by molar-refractivity contribution is 5.80. The van der Waals surface area contributed by atoms with Gasteiger partial charge in [0.25, 0.3) is 0 Å². The molecule has 1 saturated heterocycles. The Bertz CT molecular complexity index is 760. The zero-order valence-corrected chi connectivity index (χ0v) is 15.8. The average molecular weight is 370 g/mol. The zero-order chi connectivity index (χ0) is 19.1.